The largest absolute Gasteiger partial charge is 0.325 e. The molecular weight excluding hydrogens is 378 g/mol. The summed E-state index contributed by atoms with van der Waals surface area (Å²) < 4.78 is 28.3. The Morgan fingerprint density at radius 1 is 1.00 bits per heavy atom. The van der Waals surface area contributed by atoms with E-state index in [1.807, 2.05) is 35.2 Å². The quantitative estimate of drug-likeness (QED) is 0.809. The first-order chi connectivity index (χ1) is 13.5. The van der Waals surface area contributed by atoms with Gasteiger partial charge in [-0.3, -0.25) is 14.7 Å². The van der Waals surface area contributed by atoms with Crippen LogP contribution in [0.5, 0.6) is 0 Å². The van der Waals surface area contributed by atoms with Crippen molar-refractivity contribution in [2.24, 2.45) is 0 Å². The van der Waals surface area contributed by atoms with Gasteiger partial charge >= 0.3 is 0 Å². The van der Waals surface area contributed by atoms with Crippen LogP contribution in [0.25, 0.3) is 10.9 Å². The van der Waals surface area contributed by atoms with Crippen molar-refractivity contribution in [1.82, 2.24) is 18.5 Å². The lowest BCUT2D eigenvalue weighted by Gasteiger charge is -2.35. The van der Waals surface area contributed by atoms with E-state index in [9.17, 15) is 13.2 Å². The minimum Gasteiger partial charge on any atom is -0.325 e. The molecule has 1 aromatic heterocycles. The number of fused-ring (bicyclic) bond motifs is 1. The van der Waals surface area contributed by atoms with Gasteiger partial charge in [0.1, 0.15) is 0 Å². The average molecular weight is 404 g/mol. The van der Waals surface area contributed by atoms with Gasteiger partial charge in [0.2, 0.25) is 5.91 Å². The highest BCUT2D eigenvalue weighted by Gasteiger charge is 2.33. The summed E-state index contributed by atoms with van der Waals surface area (Å²) in [6, 6.07) is 9.45. The van der Waals surface area contributed by atoms with Crippen LogP contribution < -0.4 is 5.32 Å². The van der Waals surface area contributed by atoms with E-state index in [1.54, 1.807) is 14.8 Å². The van der Waals surface area contributed by atoms with Gasteiger partial charge in [-0.1, -0.05) is 6.07 Å². The Hall–Kier alpha value is -2.07. The van der Waals surface area contributed by atoms with E-state index in [4.69, 9.17) is 0 Å². The molecular formula is C19H25N5O3S. The van der Waals surface area contributed by atoms with Gasteiger partial charge in [0.25, 0.3) is 10.2 Å². The smallest absolute Gasteiger partial charge is 0.282 e. The highest BCUT2D eigenvalue weighted by molar-refractivity contribution is 7.86. The Morgan fingerprint density at radius 3 is 2.46 bits per heavy atom. The lowest BCUT2D eigenvalue weighted by atomic mass is 10.2. The Labute approximate surface area is 165 Å². The zero-order valence-corrected chi connectivity index (χ0v) is 16.6. The van der Waals surface area contributed by atoms with E-state index in [0.29, 0.717) is 39.3 Å². The number of hydrogen-bond donors (Lipinski definition) is 1. The Balaban J connectivity index is 1.30. The molecule has 1 N–H and O–H groups in total. The first kappa shape index (κ1) is 19.3. The van der Waals surface area contributed by atoms with E-state index in [2.05, 4.69) is 10.3 Å². The number of nitrogens with zero attached hydrogens (tertiary/aromatic N) is 4. The highest BCUT2D eigenvalue weighted by atomic mass is 32.2. The normalized spacial score (nSPS) is 19.9. The van der Waals surface area contributed by atoms with Crippen molar-refractivity contribution in [3.8, 4) is 0 Å². The van der Waals surface area contributed by atoms with Crippen LogP contribution in [0.3, 0.4) is 0 Å². The molecule has 0 atom stereocenters. The molecule has 1 aromatic carbocycles. The molecule has 28 heavy (non-hydrogen) atoms. The summed E-state index contributed by atoms with van der Waals surface area (Å²) in [5.74, 6) is -0.0981. The Kier molecular flexibility index (Phi) is 5.58. The van der Waals surface area contributed by atoms with Gasteiger partial charge in [-0.25, -0.2) is 0 Å². The number of carbonyl (C=O) groups excluding carboxylic acids is 1. The van der Waals surface area contributed by atoms with Crippen LogP contribution in [0, 0.1) is 0 Å². The molecule has 1 amide bonds. The second-order valence-electron chi connectivity index (χ2n) is 7.25. The molecule has 0 saturated carbocycles. The molecule has 8 nitrogen and oxygen atoms in total. The lowest BCUT2D eigenvalue weighted by molar-refractivity contribution is -0.117. The number of anilines is 1. The number of amides is 1. The molecule has 0 unspecified atom stereocenters. The van der Waals surface area contributed by atoms with Gasteiger partial charge in [0, 0.05) is 56.5 Å². The SMILES string of the molecule is O=C(CN1CCN(S(=O)(=O)N2CCCC2)CC1)Nc1ccc2ncccc2c1. The third-order valence-corrected chi connectivity index (χ3v) is 7.34. The van der Waals surface area contributed by atoms with Gasteiger partial charge in [0.15, 0.2) is 0 Å². The maximum absolute atomic E-state index is 12.6. The summed E-state index contributed by atoms with van der Waals surface area (Å²) in [6.45, 7) is 3.45. The van der Waals surface area contributed by atoms with Crippen molar-refractivity contribution in [3.63, 3.8) is 0 Å². The standard InChI is InChI=1S/C19H25N5O3S/c25-19(21-17-5-6-18-16(14-17)4-3-7-20-18)15-22-10-12-24(13-11-22)28(26,27)23-8-1-2-9-23/h3-7,14H,1-2,8-13,15H2,(H,21,25). The molecule has 2 aliphatic heterocycles. The number of benzene rings is 1. The van der Waals surface area contributed by atoms with Crippen LogP contribution in [0.1, 0.15) is 12.8 Å². The second kappa shape index (κ2) is 8.12. The van der Waals surface area contributed by atoms with E-state index < -0.39 is 10.2 Å². The van der Waals surface area contributed by atoms with Gasteiger partial charge in [-0.2, -0.15) is 17.0 Å². The fourth-order valence-corrected chi connectivity index (χ4v) is 5.43. The molecule has 2 fully saturated rings. The number of piperazine rings is 1. The third kappa shape index (κ3) is 4.17. The van der Waals surface area contributed by atoms with Crippen LogP contribution in [-0.4, -0.2) is 78.6 Å². The number of nitrogens with one attached hydrogen (secondary N) is 1. The summed E-state index contributed by atoms with van der Waals surface area (Å²) in [5, 5.41) is 3.89. The molecule has 0 aliphatic carbocycles. The van der Waals surface area contributed by atoms with Crippen molar-refractivity contribution < 1.29 is 13.2 Å². The molecule has 9 heteroatoms. The molecule has 2 aliphatic rings. The summed E-state index contributed by atoms with van der Waals surface area (Å²) in [4.78, 5) is 18.7. The summed E-state index contributed by atoms with van der Waals surface area (Å²) in [6.07, 6.45) is 3.61. The van der Waals surface area contributed by atoms with Gasteiger partial charge < -0.3 is 5.32 Å². The first-order valence-corrected chi connectivity index (χ1v) is 11.0. The predicted octanol–water partition coefficient (Wildman–Crippen LogP) is 1.13. The minimum absolute atomic E-state index is 0.0981. The van der Waals surface area contributed by atoms with Crippen molar-refractivity contribution in [2.75, 3.05) is 51.1 Å². The molecule has 0 spiro atoms. The fourth-order valence-electron chi connectivity index (χ4n) is 3.76. The molecule has 2 aromatic rings. The van der Waals surface area contributed by atoms with Crippen molar-refractivity contribution in [1.29, 1.82) is 0 Å². The fraction of sp³-hybridized carbons (Fsp3) is 0.474. The van der Waals surface area contributed by atoms with E-state index in [0.717, 1.165) is 29.4 Å². The zero-order valence-electron chi connectivity index (χ0n) is 15.7. The molecule has 0 radical (unpaired) electrons. The summed E-state index contributed by atoms with van der Waals surface area (Å²) in [5.41, 5.74) is 1.62. The van der Waals surface area contributed by atoms with Crippen molar-refractivity contribution in [3.05, 3.63) is 36.5 Å². The predicted molar refractivity (Wildman–Crippen MR) is 108 cm³/mol. The number of aromatic nitrogens is 1. The molecule has 150 valence electrons. The van der Waals surface area contributed by atoms with E-state index >= 15 is 0 Å². The van der Waals surface area contributed by atoms with Crippen LogP contribution in [0.2, 0.25) is 0 Å². The third-order valence-electron chi connectivity index (χ3n) is 5.30. The van der Waals surface area contributed by atoms with Gasteiger partial charge in [0.05, 0.1) is 12.1 Å². The van der Waals surface area contributed by atoms with Crippen LogP contribution in [0.15, 0.2) is 36.5 Å². The van der Waals surface area contributed by atoms with Crippen molar-refractivity contribution >= 4 is 32.7 Å². The lowest BCUT2D eigenvalue weighted by Crippen LogP contribution is -2.53. The maximum Gasteiger partial charge on any atom is 0.282 e. The second-order valence-corrected chi connectivity index (χ2v) is 9.18. The molecule has 3 heterocycles. The number of rotatable bonds is 5. The minimum atomic E-state index is -3.35. The topological polar surface area (TPSA) is 85.9 Å². The maximum atomic E-state index is 12.6. The summed E-state index contributed by atoms with van der Waals surface area (Å²) >= 11 is 0. The van der Waals surface area contributed by atoms with E-state index in [1.165, 1.54) is 0 Å². The van der Waals surface area contributed by atoms with Crippen LogP contribution >= 0.6 is 0 Å². The van der Waals surface area contributed by atoms with E-state index in [-0.39, 0.29) is 12.5 Å². The number of carbonyl (C=O) groups is 1. The molecule has 4 rings (SSSR count). The Bertz CT molecular complexity index is 951. The van der Waals surface area contributed by atoms with Crippen LogP contribution in [-0.2, 0) is 15.0 Å². The van der Waals surface area contributed by atoms with Gasteiger partial charge in [-0.15, -0.1) is 0 Å². The monoisotopic (exact) mass is 403 g/mol. The molecule has 0 bridgehead atoms. The highest BCUT2D eigenvalue weighted by Crippen LogP contribution is 2.19. The average Bonchev–Trinajstić information content (AvgIpc) is 3.24. The summed E-state index contributed by atoms with van der Waals surface area (Å²) in [7, 11) is -3.35. The number of pyridine rings is 1. The Morgan fingerprint density at radius 2 is 1.71 bits per heavy atom. The van der Waals surface area contributed by atoms with Crippen LogP contribution in [0.4, 0.5) is 5.69 Å². The zero-order chi connectivity index (χ0) is 19.6. The molecule has 2 saturated heterocycles. The van der Waals surface area contributed by atoms with Crippen molar-refractivity contribution in [2.45, 2.75) is 12.8 Å². The first-order valence-electron chi connectivity index (χ1n) is 9.64. The number of hydrogen-bond acceptors (Lipinski definition) is 5. The van der Waals surface area contributed by atoms with Gasteiger partial charge in [-0.05, 0) is 37.1 Å².